The van der Waals surface area contributed by atoms with Gasteiger partial charge in [0.05, 0.1) is 31.3 Å². The molecule has 0 radical (unpaired) electrons. The summed E-state index contributed by atoms with van der Waals surface area (Å²) in [7, 11) is 1.33. The van der Waals surface area contributed by atoms with E-state index in [2.05, 4.69) is 6.92 Å². The first kappa shape index (κ1) is 18.4. The predicted octanol–water partition coefficient (Wildman–Crippen LogP) is 1.60. The Kier molecular flexibility index (Phi) is 7.10. The number of aliphatic hydroxyl groups excluding tert-OH is 2. The molecule has 1 aliphatic rings. The highest BCUT2D eigenvalue weighted by Gasteiger charge is 2.39. The van der Waals surface area contributed by atoms with Crippen LogP contribution in [-0.2, 0) is 14.3 Å². The highest BCUT2D eigenvalue weighted by Crippen LogP contribution is 2.34. The average molecular weight is 302 g/mol. The zero-order chi connectivity index (χ0) is 16.2. The van der Waals surface area contributed by atoms with Gasteiger partial charge >= 0.3 is 5.97 Å². The van der Waals surface area contributed by atoms with E-state index in [-0.39, 0.29) is 30.7 Å². The molecular weight excluding hydrogens is 272 g/mol. The second-order valence-electron chi connectivity index (χ2n) is 6.52. The molecule has 1 saturated heterocycles. The SMILES string of the molecule is COC(=O)[C@H](C)[C@H](O)[C@H](C)[C@H]1O[C@H]([C@H](C)CO)CC[C@@H]1C. The van der Waals surface area contributed by atoms with E-state index in [1.165, 1.54) is 7.11 Å². The second kappa shape index (κ2) is 8.11. The van der Waals surface area contributed by atoms with E-state index >= 15 is 0 Å². The van der Waals surface area contributed by atoms with E-state index in [0.717, 1.165) is 12.8 Å². The summed E-state index contributed by atoms with van der Waals surface area (Å²) in [6.45, 7) is 7.76. The normalized spacial score (nSPS) is 32.0. The third-order valence-electron chi connectivity index (χ3n) is 4.86. The molecule has 21 heavy (non-hydrogen) atoms. The minimum atomic E-state index is -0.798. The van der Waals surface area contributed by atoms with Crippen LogP contribution >= 0.6 is 0 Å². The average Bonchev–Trinajstić information content (AvgIpc) is 2.51. The first-order valence-corrected chi connectivity index (χ1v) is 7.85. The number of hydrogen-bond donors (Lipinski definition) is 2. The van der Waals surface area contributed by atoms with Crippen LogP contribution in [0.2, 0.25) is 0 Å². The Hall–Kier alpha value is -0.650. The van der Waals surface area contributed by atoms with E-state index in [1.807, 2.05) is 13.8 Å². The van der Waals surface area contributed by atoms with Crippen molar-refractivity contribution < 1.29 is 24.5 Å². The van der Waals surface area contributed by atoms with E-state index in [9.17, 15) is 15.0 Å². The maximum Gasteiger partial charge on any atom is 0.311 e. The van der Waals surface area contributed by atoms with Crippen LogP contribution in [0.1, 0.15) is 40.5 Å². The topological polar surface area (TPSA) is 76.0 Å². The Morgan fingerprint density at radius 3 is 2.48 bits per heavy atom. The zero-order valence-electron chi connectivity index (χ0n) is 13.8. The number of hydrogen-bond acceptors (Lipinski definition) is 5. The number of esters is 1. The lowest BCUT2D eigenvalue weighted by Gasteiger charge is -2.42. The predicted molar refractivity (Wildman–Crippen MR) is 79.7 cm³/mol. The van der Waals surface area contributed by atoms with Crippen LogP contribution in [0.3, 0.4) is 0 Å². The third-order valence-corrected chi connectivity index (χ3v) is 4.86. The molecule has 5 nitrogen and oxygen atoms in total. The first-order chi connectivity index (χ1) is 9.83. The van der Waals surface area contributed by atoms with Gasteiger partial charge in [-0.05, 0) is 25.7 Å². The molecule has 1 fully saturated rings. The smallest absolute Gasteiger partial charge is 0.311 e. The summed E-state index contributed by atoms with van der Waals surface area (Å²) in [5, 5.41) is 19.7. The summed E-state index contributed by atoms with van der Waals surface area (Å²) in [5.41, 5.74) is 0. The Bertz CT molecular complexity index is 333. The van der Waals surface area contributed by atoms with Crippen molar-refractivity contribution in [3.05, 3.63) is 0 Å². The second-order valence-corrected chi connectivity index (χ2v) is 6.52. The van der Waals surface area contributed by atoms with Gasteiger partial charge in [-0.3, -0.25) is 4.79 Å². The molecule has 0 amide bonds. The fourth-order valence-electron chi connectivity index (χ4n) is 3.15. The monoisotopic (exact) mass is 302 g/mol. The van der Waals surface area contributed by atoms with Crippen LogP contribution in [-0.4, -0.2) is 48.2 Å². The standard InChI is InChI=1S/C16H30O5/c1-9-6-7-13(10(2)8-17)21-15(9)11(3)14(18)12(4)16(19)20-5/h9-15,17-18H,6-8H2,1-5H3/t9-,10+,11-,12+,13-,14+,15-/m0/s1. The molecular formula is C16H30O5. The summed E-state index contributed by atoms with van der Waals surface area (Å²) in [6.07, 6.45) is 1.03. The molecule has 0 aliphatic carbocycles. The largest absolute Gasteiger partial charge is 0.469 e. The van der Waals surface area contributed by atoms with Gasteiger partial charge in [-0.25, -0.2) is 0 Å². The van der Waals surface area contributed by atoms with Crippen LogP contribution in [0.15, 0.2) is 0 Å². The van der Waals surface area contributed by atoms with Crippen molar-refractivity contribution in [3.8, 4) is 0 Å². The highest BCUT2D eigenvalue weighted by atomic mass is 16.5. The van der Waals surface area contributed by atoms with Gasteiger partial charge in [-0.2, -0.15) is 0 Å². The third kappa shape index (κ3) is 4.41. The maximum atomic E-state index is 11.6. The van der Waals surface area contributed by atoms with Crippen molar-refractivity contribution in [2.45, 2.75) is 58.8 Å². The summed E-state index contributed by atoms with van der Waals surface area (Å²) in [5.74, 6) is -0.735. The summed E-state index contributed by atoms with van der Waals surface area (Å²) in [6, 6.07) is 0. The molecule has 2 N–H and O–H groups in total. The molecule has 0 aromatic carbocycles. The van der Waals surface area contributed by atoms with Gasteiger partial charge in [0.25, 0.3) is 0 Å². The van der Waals surface area contributed by atoms with Gasteiger partial charge in [0.15, 0.2) is 0 Å². The van der Waals surface area contributed by atoms with Crippen molar-refractivity contribution in [2.75, 3.05) is 13.7 Å². The van der Waals surface area contributed by atoms with Crippen molar-refractivity contribution in [1.29, 1.82) is 0 Å². The van der Waals surface area contributed by atoms with Crippen LogP contribution in [0.5, 0.6) is 0 Å². The van der Waals surface area contributed by atoms with Crippen LogP contribution in [0.4, 0.5) is 0 Å². The summed E-state index contributed by atoms with van der Waals surface area (Å²) >= 11 is 0. The van der Waals surface area contributed by atoms with E-state index in [0.29, 0.717) is 5.92 Å². The van der Waals surface area contributed by atoms with Gasteiger partial charge in [-0.1, -0.05) is 20.8 Å². The number of carbonyl (C=O) groups is 1. The van der Waals surface area contributed by atoms with Crippen molar-refractivity contribution in [1.82, 2.24) is 0 Å². The first-order valence-electron chi connectivity index (χ1n) is 7.85. The van der Waals surface area contributed by atoms with Gasteiger partial charge in [0.1, 0.15) is 0 Å². The lowest BCUT2D eigenvalue weighted by atomic mass is 9.79. The van der Waals surface area contributed by atoms with Crippen LogP contribution < -0.4 is 0 Å². The van der Waals surface area contributed by atoms with E-state index in [4.69, 9.17) is 9.47 Å². The fourth-order valence-corrected chi connectivity index (χ4v) is 3.15. The zero-order valence-corrected chi connectivity index (χ0v) is 13.8. The molecule has 1 aliphatic heterocycles. The lowest BCUT2D eigenvalue weighted by molar-refractivity contribution is -0.162. The van der Waals surface area contributed by atoms with Crippen LogP contribution in [0.25, 0.3) is 0 Å². The fraction of sp³-hybridized carbons (Fsp3) is 0.938. The maximum absolute atomic E-state index is 11.6. The van der Waals surface area contributed by atoms with Crippen LogP contribution in [0, 0.1) is 23.7 Å². The molecule has 5 heteroatoms. The number of aliphatic hydroxyl groups is 2. The van der Waals surface area contributed by atoms with Gasteiger partial charge in [0, 0.05) is 18.4 Å². The Labute approximate surface area is 127 Å². The van der Waals surface area contributed by atoms with E-state index < -0.39 is 18.0 Å². The number of rotatable bonds is 6. The number of ether oxygens (including phenoxy) is 2. The molecule has 0 aromatic heterocycles. The Balaban J connectivity index is 2.73. The minimum absolute atomic E-state index is 0.0132. The van der Waals surface area contributed by atoms with E-state index in [1.54, 1.807) is 6.92 Å². The van der Waals surface area contributed by atoms with Gasteiger partial charge in [-0.15, -0.1) is 0 Å². The van der Waals surface area contributed by atoms with Crippen molar-refractivity contribution in [2.24, 2.45) is 23.7 Å². The number of methoxy groups -OCH3 is 1. The van der Waals surface area contributed by atoms with Crippen molar-refractivity contribution >= 4 is 5.97 Å². The molecule has 1 heterocycles. The molecule has 0 unspecified atom stereocenters. The Morgan fingerprint density at radius 2 is 1.95 bits per heavy atom. The Morgan fingerprint density at radius 1 is 1.33 bits per heavy atom. The molecule has 1 rings (SSSR count). The number of carbonyl (C=O) groups excluding carboxylic acids is 1. The molecule has 0 aromatic rings. The van der Waals surface area contributed by atoms with Crippen molar-refractivity contribution in [3.63, 3.8) is 0 Å². The minimum Gasteiger partial charge on any atom is -0.469 e. The molecule has 0 bridgehead atoms. The lowest BCUT2D eigenvalue weighted by Crippen LogP contribution is -2.47. The molecule has 0 spiro atoms. The summed E-state index contributed by atoms with van der Waals surface area (Å²) < 4.78 is 10.8. The molecule has 7 atom stereocenters. The molecule has 124 valence electrons. The quantitative estimate of drug-likeness (QED) is 0.729. The highest BCUT2D eigenvalue weighted by molar-refractivity contribution is 5.72. The molecule has 0 saturated carbocycles. The van der Waals surface area contributed by atoms with Gasteiger partial charge in [0.2, 0.25) is 0 Å². The van der Waals surface area contributed by atoms with Gasteiger partial charge < -0.3 is 19.7 Å². The summed E-state index contributed by atoms with van der Waals surface area (Å²) in [4.78, 5) is 11.6.